The normalized spacial score (nSPS) is 24.6. The van der Waals surface area contributed by atoms with Crippen molar-refractivity contribution in [3.05, 3.63) is 108 Å². The number of ether oxygens (including phenoxy) is 6. The van der Waals surface area contributed by atoms with Gasteiger partial charge in [-0.3, -0.25) is 0 Å². The Morgan fingerprint density at radius 2 is 1.08 bits per heavy atom. The second-order valence-corrected chi connectivity index (χ2v) is 9.01. The molecule has 1 saturated heterocycles. The highest BCUT2D eigenvalue weighted by atomic mass is 16.7. The second kappa shape index (κ2) is 14.4. The Morgan fingerprint density at radius 3 is 1.51 bits per heavy atom. The second-order valence-electron chi connectivity index (χ2n) is 9.01. The summed E-state index contributed by atoms with van der Waals surface area (Å²) in [6.07, 6.45) is -4.35. The highest BCUT2D eigenvalue weighted by Crippen LogP contribution is 2.32. The fourth-order valence-corrected chi connectivity index (χ4v) is 4.46. The Hall–Kier alpha value is -2.62. The van der Waals surface area contributed by atoms with Crippen molar-refractivity contribution in [2.45, 2.75) is 56.6 Å². The van der Waals surface area contributed by atoms with E-state index in [0.717, 1.165) is 16.7 Å². The van der Waals surface area contributed by atoms with Crippen molar-refractivity contribution in [3.63, 3.8) is 0 Å². The first-order valence-corrected chi connectivity index (χ1v) is 12.5. The molecule has 3 aromatic carbocycles. The summed E-state index contributed by atoms with van der Waals surface area (Å²) in [7, 11) is 3.09. The van der Waals surface area contributed by atoms with Crippen LogP contribution in [0.5, 0.6) is 0 Å². The molecule has 7 nitrogen and oxygen atoms in total. The summed E-state index contributed by atoms with van der Waals surface area (Å²) < 4.78 is 36.5. The van der Waals surface area contributed by atoms with Crippen LogP contribution in [-0.4, -0.2) is 62.7 Å². The highest BCUT2D eigenvalue weighted by molar-refractivity contribution is 5.15. The first-order chi connectivity index (χ1) is 18.2. The molecule has 0 unspecified atom stereocenters. The molecule has 0 bridgehead atoms. The van der Waals surface area contributed by atoms with E-state index in [1.165, 1.54) is 7.11 Å². The maximum atomic E-state index is 11.0. The Bertz CT molecular complexity index is 1020. The van der Waals surface area contributed by atoms with Crippen LogP contribution in [0.4, 0.5) is 0 Å². The lowest BCUT2D eigenvalue weighted by Crippen LogP contribution is -2.63. The summed E-state index contributed by atoms with van der Waals surface area (Å²) in [6.45, 7) is 1.08. The van der Waals surface area contributed by atoms with Gasteiger partial charge in [0.05, 0.1) is 26.4 Å². The molecule has 0 spiro atoms. The van der Waals surface area contributed by atoms with Gasteiger partial charge in [0.1, 0.15) is 30.5 Å². The minimum Gasteiger partial charge on any atom is -0.388 e. The standard InChI is InChI=1S/C30H36O7/c1-32-21-25(31)26-27(34-18-22-12-6-3-7-13-22)28(35-19-23-14-8-4-9-15-23)29(30(33-2)37-26)36-20-24-16-10-5-11-17-24/h3-17,25-31H,18-21H2,1-2H3/t25-,26-,27+,28+,29-,30+/m1/s1. The van der Waals surface area contributed by atoms with E-state index in [2.05, 4.69) is 0 Å². The maximum absolute atomic E-state index is 11.0. The first-order valence-electron chi connectivity index (χ1n) is 12.5. The summed E-state index contributed by atoms with van der Waals surface area (Å²) >= 11 is 0. The average molecular weight is 509 g/mol. The van der Waals surface area contributed by atoms with Crippen molar-refractivity contribution in [2.24, 2.45) is 0 Å². The summed E-state index contributed by atoms with van der Waals surface area (Å²) in [5.41, 5.74) is 3.03. The van der Waals surface area contributed by atoms with Gasteiger partial charge in [0.15, 0.2) is 6.29 Å². The maximum Gasteiger partial charge on any atom is 0.186 e. The molecule has 1 heterocycles. The number of hydrogen-bond acceptors (Lipinski definition) is 7. The van der Waals surface area contributed by atoms with E-state index in [1.807, 2.05) is 91.0 Å². The predicted molar refractivity (Wildman–Crippen MR) is 139 cm³/mol. The van der Waals surface area contributed by atoms with Gasteiger partial charge >= 0.3 is 0 Å². The van der Waals surface area contributed by atoms with Crippen molar-refractivity contribution in [2.75, 3.05) is 20.8 Å². The number of methoxy groups -OCH3 is 2. The third kappa shape index (κ3) is 7.69. The third-order valence-corrected chi connectivity index (χ3v) is 6.34. The smallest absolute Gasteiger partial charge is 0.186 e. The fraction of sp³-hybridized carbons (Fsp3) is 0.400. The molecular weight excluding hydrogens is 472 g/mol. The zero-order chi connectivity index (χ0) is 25.9. The number of hydrogen-bond donors (Lipinski definition) is 1. The lowest BCUT2D eigenvalue weighted by atomic mass is 9.94. The number of rotatable bonds is 13. The lowest BCUT2D eigenvalue weighted by Gasteiger charge is -2.46. The van der Waals surface area contributed by atoms with E-state index in [4.69, 9.17) is 28.4 Å². The SMILES string of the molecule is COC[C@@H](O)[C@H]1O[C@H](OC)[C@H](OCc2ccccc2)[C@@H](OCc2ccccc2)[C@H]1OCc1ccccc1. The molecule has 0 aromatic heterocycles. The molecule has 0 radical (unpaired) electrons. The van der Waals surface area contributed by atoms with Crippen LogP contribution in [0.2, 0.25) is 0 Å². The Balaban J connectivity index is 1.62. The molecular formula is C30H36O7. The van der Waals surface area contributed by atoms with Crippen LogP contribution in [0.3, 0.4) is 0 Å². The van der Waals surface area contributed by atoms with Crippen LogP contribution in [-0.2, 0) is 48.2 Å². The zero-order valence-electron chi connectivity index (χ0n) is 21.3. The third-order valence-electron chi connectivity index (χ3n) is 6.34. The Morgan fingerprint density at radius 1 is 0.649 bits per heavy atom. The van der Waals surface area contributed by atoms with E-state index in [-0.39, 0.29) is 6.61 Å². The summed E-state index contributed by atoms with van der Waals surface area (Å²) in [5, 5.41) is 11.0. The molecule has 1 aliphatic heterocycles. The number of benzene rings is 3. The minimum absolute atomic E-state index is 0.0766. The molecule has 1 fully saturated rings. The molecule has 0 aliphatic carbocycles. The van der Waals surface area contributed by atoms with Crippen LogP contribution in [0.15, 0.2) is 91.0 Å². The molecule has 3 aromatic rings. The van der Waals surface area contributed by atoms with Crippen molar-refractivity contribution in [3.8, 4) is 0 Å². The predicted octanol–water partition coefficient (Wildman–Crippen LogP) is 4.12. The molecule has 198 valence electrons. The van der Waals surface area contributed by atoms with Gasteiger partial charge in [0.25, 0.3) is 0 Å². The quantitative estimate of drug-likeness (QED) is 0.372. The topological polar surface area (TPSA) is 75.6 Å². The van der Waals surface area contributed by atoms with Gasteiger partial charge in [-0.25, -0.2) is 0 Å². The molecule has 0 saturated carbocycles. The highest BCUT2D eigenvalue weighted by Gasteiger charge is 2.50. The van der Waals surface area contributed by atoms with Crippen molar-refractivity contribution in [1.82, 2.24) is 0 Å². The Labute approximate surface area is 218 Å². The largest absolute Gasteiger partial charge is 0.388 e. The molecule has 1 N–H and O–H groups in total. The van der Waals surface area contributed by atoms with E-state index in [9.17, 15) is 5.11 Å². The Kier molecular flexibility index (Phi) is 10.6. The summed E-state index contributed by atoms with van der Waals surface area (Å²) in [6, 6.07) is 29.7. The van der Waals surface area contributed by atoms with Crippen LogP contribution < -0.4 is 0 Å². The van der Waals surface area contributed by atoms with Crippen molar-refractivity contribution in [1.29, 1.82) is 0 Å². The van der Waals surface area contributed by atoms with E-state index < -0.39 is 36.8 Å². The van der Waals surface area contributed by atoms with Crippen LogP contribution >= 0.6 is 0 Å². The molecule has 1 aliphatic rings. The van der Waals surface area contributed by atoms with Crippen molar-refractivity contribution >= 4 is 0 Å². The number of aliphatic hydroxyl groups excluding tert-OH is 1. The molecule has 4 rings (SSSR count). The molecule has 6 atom stereocenters. The number of aliphatic hydroxyl groups is 1. The van der Waals surface area contributed by atoms with Gasteiger partial charge in [0, 0.05) is 14.2 Å². The fourth-order valence-electron chi connectivity index (χ4n) is 4.46. The monoisotopic (exact) mass is 508 g/mol. The first kappa shape index (κ1) is 27.4. The van der Waals surface area contributed by atoms with Crippen molar-refractivity contribution < 1.29 is 33.5 Å². The van der Waals surface area contributed by atoms with Gasteiger partial charge in [-0.05, 0) is 16.7 Å². The van der Waals surface area contributed by atoms with Gasteiger partial charge in [-0.1, -0.05) is 91.0 Å². The molecule has 7 heteroatoms. The molecule has 37 heavy (non-hydrogen) atoms. The van der Waals surface area contributed by atoms with Gasteiger partial charge in [-0.15, -0.1) is 0 Å². The van der Waals surface area contributed by atoms with Crippen LogP contribution in [0.25, 0.3) is 0 Å². The average Bonchev–Trinajstić information content (AvgIpc) is 2.95. The van der Waals surface area contributed by atoms with Gasteiger partial charge in [0.2, 0.25) is 0 Å². The van der Waals surface area contributed by atoms with Gasteiger partial charge < -0.3 is 33.5 Å². The van der Waals surface area contributed by atoms with E-state index in [0.29, 0.717) is 19.8 Å². The lowest BCUT2D eigenvalue weighted by molar-refractivity contribution is -0.330. The summed E-state index contributed by atoms with van der Waals surface area (Å²) in [4.78, 5) is 0. The van der Waals surface area contributed by atoms with E-state index in [1.54, 1.807) is 7.11 Å². The van der Waals surface area contributed by atoms with Crippen LogP contribution in [0.1, 0.15) is 16.7 Å². The summed E-state index contributed by atoms with van der Waals surface area (Å²) in [5.74, 6) is 0. The van der Waals surface area contributed by atoms with Crippen LogP contribution in [0, 0.1) is 0 Å². The van der Waals surface area contributed by atoms with Gasteiger partial charge in [-0.2, -0.15) is 0 Å². The van der Waals surface area contributed by atoms with E-state index >= 15 is 0 Å². The molecule has 0 amide bonds. The minimum atomic E-state index is -0.957. The zero-order valence-corrected chi connectivity index (χ0v) is 21.3.